The number of nitrogens with one attached hydrogen (secondary N) is 1. The van der Waals surface area contributed by atoms with Gasteiger partial charge >= 0.3 is 0 Å². The summed E-state index contributed by atoms with van der Waals surface area (Å²) in [5.74, 6) is 0.890. The van der Waals surface area contributed by atoms with Crippen LogP contribution in [0.5, 0.6) is 0 Å². The van der Waals surface area contributed by atoms with E-state index in [0.29, 0.717) is 13.0 Å². The van der Waals surface area contributed by atoms with Gasteiger partial charge in [0.1, 0.15) is 17.0 Å². The molecule has 4 heterocycles. The number of likely N-dealkylation sites (tertiary alicyclic amines) is 1. The van der Waals surface area contributed by atoms with Gasteiger partial charge in [-0.1, -0.05) is 17.8 Å². The molecule has 172 valence electrons. The van der Waals surface area contributed by atoms with Gasteiger partial charge in [-0.3, -0.25) is 9.59 Å². The Hall–Kier alpha value is -2.96. The van der Waals surface area contributed by atoms with E-state index in [1.165, 1.54) is 22.2 Å². The third kappa shape index (κ3) is 3.85. The van der Waals surface area contributed by atoms with Gasteiger partial charge in [0.15, 0.2) is 5.12 Å². The van der Waals surface area contributed by atoms with Crippen LogP contribution in [-0.2, 0) is 28.9 Å². The predicted octanol–water partition coefficient (Wildman–Crippen LogP) is 4.48. The molecular formula is C25H23N5O2S2. The molecule has 2 aliphatic heterocycles. The molecule has 2 atom stereocenters. The monoisotopic (exact) mass is 489 g/mol. The highest BCUT2D eigenvalue weighted by atomic mass is 32.2. The normalized spacial score (nSPS) is 21.7. The Balaban J connectivity index is 1.25. The fourth-order valence-electron chi connectivity index (χ4n) is 5.28. The molecule has 1 amide bonds. The van der Waals surface area contributed by atoms with Crippen molar-refractivity contribution in [2.45, 2.75) is 43.4 Å². The van der Waals surface area contributed by atoms with Crippen LogP contribution in [0.1, 0.15) is 35.3 Å². The van der Waals surface area contributed by atoms with Crippen molar-refractivity contribution in [3.8, 4) is 6.07 Å². The summed E-state index contributed by atoms with van der Waals surface area (Å²) in [4.78, 5) is 39.1. The molecule has 1 N–H and O–H groups in total. The third-order valence-corrected chi connectivity index (χ3v) is 9.13. The minimum absolute atomic E-state index is 0.0337. The Morgan fingerprint density at radius 1 is 1.26 bits per heavy atom. The number of thioether (sulfide) groups is 1. The van der Waals surface area contributed by atoms with E-state index < -0.39 is 0 Å². The van der Waals surface area contributed by atoms with Crippen molar-refractivity contribution in [2.75, 3.05) is 18.4 Å². The summed E-state index contributed by atoms with van der Waals surface area (Å²) in [6.45, 7) is 1.33. The van der Waals surface area contributed by atoms with Crippen LogP contribution in [0, 0.1) is 23.2 Å². The molecule has 34 heavy (non-hydrogen) atoms. The van der Waals surface area contributed by atoms with Gasteiger partial charge in [-0.05, 0) is 55.4 Å². The number of amides is 1. The van der Waals surface area contributed by atoms with Gasteiger partial charge < -0.3 is 10.2 Å². The number of carbonyl (C=O) groups excluding carboxylic acids is 2. The van der Waals surface area contributed by atoms with E-state index in [0.717, 1.165) is 70.8 Å². The number of nitriles is 1. The van der Waals surface area contributed by atoms with Crippen LogP contribution in [0.4, 0.5) is 11.5 Å². The number of piperidine rings is 1. The number of aryl methyl sites for hydroxylation is 1. The summed E-state index contributed by atoms with van der Waals surface area (Å²) in [6.07, 6.45) is 6.21. The molecule has 1 aliphatic carbocycles. The van der Waals surface area contributed by atoms with E-state index in [1.54, 1.807) is 17.7 Å². The molecule has 9 heteroatoms. The lowest BCUT2D eigenvalue weighted by Crippen LogP contribution is -2.43. The van der Waals surface area contributed by atoms with Gasteiger partial charge in [-0.15, -0.1) is 11.3 Å². The lowest BCUT2D eigenvalue weighted by Gasteiger charge is -2.33. The molecule has 0 radical (unpaired) electrons. The minimum Gasteiger partial charge on any atom is -0.341 e. The summed E-state index contributed by atoms with van der Waals surface area (Å²) in [7, 11) is 0. The van der Waals surface area contributed by atoms with Crippen molar-refractivity contribution < 1.29 is 9.59 Å². The Morgan fingerprint density at radius 2 is 2.18 bits per heavy atom. The molecule has 2 unspecified atom stereocenters. The number of aromatic nitrogens is 2. The molecule has 1 aromatic carbocycles. The summed E-state index contributed by atoms with van der Waals surface area (Å²) < 4.78 is 0. The van der Waals surface area contributed by atoms with Crippen molar-refractivity contribution in [3.05, 3.63) is 40.5 Å². The van der Waals surface area contributed by atoms with Crippen molar-refractivity contribution in [3.63, 3.8) is 0 Å². The van der Waals surface area contributed by atoms with Crippen LogP contribution in [0.2, 0.25) is 0 Å². The van der Waals surface area contributed by atoms with Crippen LogP contribution < -0.4 is 5.32 Å². The topological polar surface area (TPSA) is 99.0 Å². The smallest absolute Gasteiger partial charge is 0.226 e. The highest BCUT2D eigenvalue weighted by molar-refractivity contribution is 8.14. The van der Waals surface area contributed by atoms with E-state index in [1.807, 2.05) is 23.1 Å². The standard InChI is InChI=1S/C25H23N5O2S2/c26-11-14-2-1-7-30(12-14)25(32)16-4-6-18-20(8-16)34-24-22(18)23(27-13-28-24)29-17-5-3-15-9-21(31)33-19(15)10-17/h3,5,10,13-14,16H,1-2,4,6-9,12H2,(H,27,28,29). The number of anilines is 2. The van der Waals surface area contributed by atoms with Crippen molar-refractivity contribution in [1.82, 2.24) is 14.9 Å². The maximum absolute atomic E-state index is 13.2. The molecule has 2 aromatic heterocycles. The van der Waals surface area contributed by atoms with E-state index >= 15 is 0 Å². The van der Waals surface area contributed by atoms with E-state index in [4.69, 9.17) is 0 Å². The van der Waals surface area contributed by atoms with Crippen LogP contribution in [0.15, 0.2) is 29.4 Å². The van der Waals surface area contributed by atoms with E-state index in [-0.39, 0.29) is 22.9 Å². The molecule has 6 rings (SSSR count). The number of hydrogen-bond acceptors (Lipinski definition) is 8. The van der Waals surface area contributed by atoms with Crippen LogP contribution in [0.3, 0.4) is 0 Å². The quantitative estimate of drug-likeness (QED) is 0.579. The summed E-state index contributed by atoms with van der Waals surface area (Å²) >= 11 is 2.95. The number of thiophene rings is 1. The number of fused-ring (bicyclic) bond motifs is 4. The van der Waals surface area contributed by atoms with Gasteiger partial charge in [0.2, 0.25) is 5.91 Å². The highest BCUT2D eigenvalue weighted by Gasteiger charge is 2.33. The van der Waals surface area contributed by atoms with Crippen LogP contribution in [-0.4, -0.2) is 39.0 Å². The van der Waals surface area contributed by atoms with E-state index in [2.05, 4.69) is 21.4 Å². The van der Waals surface area contributed by atoms with Gasteiger partial charge in [-0.2, -0.15) is 5.26 Å². The fourth-order valence-corrected chi connectivity index (χ4v) is 7.48. The molecular weight excluding hydrogens is 466 g/mol. The SMILES string of the molecule is N#CC1CCCN(C(=O)C2CCc3c(sc4ncnc(Nc5ccc6c(c5)SC(=O)C6)c34)C2)C1. The predicted molar refractivity (Wildman–Crippen MR) is 132 cm³/mol. The van der Waals surface area contributed by atoms with Gasteiger partial charge in [0.25, 0.3) is 0 Å². The molecule has 1 fully saturated rings. The second kappa shape index (κ2) is 8.67. The van der Waals surface area contributed by atoms with Gasteiger partial charge in [-0.25, -0.2) is 9.97 Å². The Bertz CT molecular complexity index is 1360. The number of carbonyl (C=O) groups is 2. The Morgan fingerprint density at radius 3 is 3.06 bits per heavy atom. The lowest BCUT2D eigenvalue weighted by molar-refractivity contribution is -0.137. The van der Waals surface area contributed by atoms with Crippen LogP contribution >= 0.6 is 23.1 Å². The molecule has 1 saturated heterocycles. The third-order valence-electron chi connectivity index (χ3n) is 7.00. The Labute approximate surface area is 205 Å². The Kier molecular flexibility index (Phi) is 5.50. The first-order chi connectivity index (χ1) is 16.6. The highest BCUT2D eigenvalue weighted by Crippen LogP contribution is 2.42. The van der Waals surface area contributed by atoms with Crippen molar-refractivity contribution in [2.24, 2.45) is 11.8 Å². The number of hydrogen-bond donors (Lipinski definition) is 1. The van der Waals surface area contributed by atoms with Crippen molar-refractivity contribution in [1.29, 1.82) is 5.26 Å². The largest absolute Gasteiger partial charge is 0.341 e. The summed E-state index contributed by atoms with van der Waals surface area (Å²) in [5, 5.41) is 14.0. The molecule has 3 aliphatic rings. The first-order valence-electron chi connectivity index (χ1n) is 11.6. The van der Waals surface area contributed by atoms with Gasteiger partial charge in [0.05, 0.1) is 17.4 Å². The maximum Gasteiger partial charge on any atom is 0.226 e. The molecule has 0 spiro atoms. The zero-order valence-electron chi connectivity index (χ0n) is 18.5. The maximum atomic E-state index is 13.2. The van der Waals surface area contributed by atoms with Crippen molar-refractivity contribution >= 4 is 55.8 Å². The first-order valence-corrected chi connectivity index (χ1v) is 13.3. The van der Waals surface area contributed by atoms with E-state index in [9.17, 15) is 14.9 Å². The van der Waals surface area contributed by atoms with Gasteiger partial charge in [0, 0.05) is 40.9 Å². The molecule has 3 aromatic rings. The summed E-state index contributed by atoms with van der Waals surface area (Å²) in [6, 6.07) is 8.35. The second-order valence-corrected chi connectivity index (χ2v) is 11.4. The zero-order valence-corrected chi connectivity index (χ0v) is 20.2. The second-order valence-electron chi connectivity index (χ2n) is 9.20. The minimum atomic E-state index is -0.0409. The zero-order chi connectivity index (χ0) is 23.2. The average molecular weight is 490 g/mol. The van der Waals surface area contributed by atoms with Crippen LogP contribution in [0.25, 0.3) is 10.2 Å². The average Bonchev–Trinajstić information content (AvgIpc) is 3.42. The summed E-state index contributed by atoms with van der Waals surface area (Å²) in [5.41, 5.74) is 3.22. The molecule has 7 nitrogen and oxygen atoms in total. The first kappa shape index (κ1) is 21.6. The lowest BCUT2D eigenvalue weighted by atomic mass is 9.86. The number of benzene rings is 1. The molecule has 0 bridgehead atoms. The number of nitrogens with zero attached hydrogens (tertiary/aromatic N) is 4. The number of rotatable bonds is 3. The fraction of sp³-hybridized carbons (Fsp3) is 0.400. The molecule has 0 saturated carbocycles.